The van der Waals surface area contributed by atoms with Crippen molar-refractivity contribution >= 4 is 16.9 Å². The van der Waals surface area contributed by atoms with Crippen molar-refractivity contribution in [1.29, 1.82) is 0 Å². The Labute approximate surface area is 174 Å². The van der Waals surface area contributed by atoms with E-state index in [4.69, 9.17) is 20.3 Å². The second-order valence-electron chi connectivity index (χ2n) is 7.29. The molecular formula is C20H28N4O6. The lowest BCUT2D eigenvalue weighted by atomic mass is 9.91. The van der Waals surface area contributed by atoms with E-state index in [0.29, 0.717) is 35.3 Å². The molecule has 2 aromatic heterocycles. The van der Waals surface area contributed by atoms with Crippen LogP contribution in [0, 0.1) is 0 Å². The van der Waals surface area contributed by atoms with Crippen LogP contribution < -0.4 is 15.8 Å². The number of nitrogens with zero attached hydrogens (tertiary/aromatic N) is 2. The number of methoxy groups -OCH3 is 1. The molecule has 0 saturated carbocycles. The second-order valence-corrected chi connectivity index (χ2v) is 7.29. The van der Waals surface area contributed by atoms with Gasteiger partial charge in [-0.25, -0.2) is 4.98 Å². The van der Waals surface area contributed by atoms with Crippen LogP contribution in [0.25, 0.3) is 11.0 Å². The Balaban J connectivity index is 1.75. The Kier molecular flexibility index (Phi) is 7.51. The van der Waals surface area contributed by atoms with Crippen molar-refractivity contribution in [2.24, 2.45) is 5.73 Å². The lowest BCUT2D eigenvalue weighted by Gasteiger charge is -2.38. The van der Waals surface area contributed by atoms with Gasteiger partial charge in [-0.1, -0.05) is 0 Å². The topological polar surface area (TPSA) is 160 Å². The molecule has 0 aromatic carbocycles. The smallest absolute Gasteiger partial charge is 0.222 e. The number of ether oxygens (including phenoxy) is 2. The summed E-state index contributed by atoms with van der Waals surface area (Å²) in [7, 11) is 1.49. The minimum absolute atomic E-state index is 0.0113. The first-order valence-corrected chi connectivity index (χ1v) is 9.89. The molecule has 10 nitrogen and oxygen atoms in total. The molecule has 1 aliphatic rings. The lowest BCUT2D eigenvalue weighted by molar-refractivity contribution is -0.151. The van der Waals surface area contributed by atoms with Crippen LogP contribution >= 0.6 is 0 Å². The highest BCUT2D eigenvalue weighted by Crippen LogP contribution is 2.31. The van der Waals surface area contributed by atoms with E-state index in [2.05, 4.69) is 15.3 Å². The molecule has 0 spiro atoms. The summed E-state index contributed by atoms with van der Waals surface area (Å²) in [5.41, 5.74) is 7.47. The number of aliphatic hydroxyl groups is 3. The molecule has 1 aliphatic heterocycles. The fourth-order valence-corrected chi connectivity index (χ4v) is 3.60. The Morgan fingerprint density at radius 1 is 1.37 bits per heavy atom. The van der Waals surface area contributed by atoms with E-state index in [1.807, 2.05) is 0 Å². The van der Waals surface area contributed by atoms with Gasteiger partial charge in [0.1, 0.15) is 12.2 Å². The normalized spacial score (nSPS) is 23.7. The number of hydrogen-bond acceptors (Lipinski definition) is 9. The molecule has 0 unspecified atom stereocenters. The van der Waals surface area contributed by atoms with E-state index in [1.165, 1.54) is 13.3 Å². The van der Waals surface area contributed by atoms with Crippen LogP contribution in [0.3, 0.4) is 0 Å². The molecule has 2 aromatic rings. The van der Waals surface area contributed by atoms with Gasteiger partial charge < -0.3 is 35.8 Å². The molecule has 1 amide bonds. The number of fused-ring (bicyclic) bond motifs is 1. The van der Waals surface area contributed by atoms with Crippen molar-refractivity contribution in [3.05, 3.63) is 30.0 Å². The first kappa shape index (κ1) is 22.3. The van der Waals surface area contributed by atoms with E-state index in [9.17, 15) is 15.0 Å². The molecule has 3 heterocycles. The molecule has 3 rings (SSSR count). The summed E-state index contributed by atoms with van der Waals surface area (Å²) in [6, 6.07) is 4.62. The van der Waals surface area contributed by atoms with E-state index < -0.39 is 24.4 Å². The molecule has 164 valence electrons. The molecular weight excluding hydrogens is 392 g/mol. The van der Waals surface area contributed by atoms with Gasteiger partial charge in [-0.05, 0) is 25.0 Å². The van der Waals surface area contributed by atoms with E-state index in [1.54, 1.807) is 18.2 Å². The van der Waals surface area contributed by atoms with Gasteiger partial charge in [-0.3, -0.25) is 9.78 Å². The summed E-state index contributed by atoms with van der Waals surface area (Å²) in [5.74, 6) is 0.0731. The molecule has 0 bridgehead atoms. The predicted octanol–water partition coefficient (Wildman–Crippen LogP) is -0.594. The summed E-state index contributed by atoms with van der Waals surface area (Å²) in [5, 5.41) is 33.1. The fraction of sp³-hybridized carbons (Fsp3) is 0.550. The zero-order valence-corrected chi connectivity index (χ0v) is 16.8. The highest BCUT2D eigenvalue weighted by Gasteiger charge is 2.37. The van der Waals surface area contributed by atoms with Crippen molar-refractivity contribution in [3.8, 4) is 5.88 Å². The van der Waals surface area contributed by atoms with Gasteiger partial charge in [0, 0.05) is 30.4 Å². The molecule has 1 saturated heterocycles. The zero-order valence-electron chi connectivity index (χ0n) is 16.8. The Bertz CT molecular complexity index is 866. The lowest BCUT2D eigenvalue weighted by Crippen LogP contribution is -2.50. The zero-order chi connectivity index (χ0) is 21.7. The highest BCUT2D eigenvalue weighted by atomic mass is 16.5. The van der Waals surface area contributed by atoms with Gasteiger partial charge in [0.2, 0.25) is 11.8 Å². The fourth-order valence-electron chi connectivity index (χ4n) is 3.60. The average molecular weight is 420 g/mol. The molecule has 0 radical (unpaired) electrons. The Morgan fingerprint density at radius 2 is 2.17 bits per heavy atom. The van der Waals surface area contributed by atoms with Crippen LogP contribution in [0.5, 0.6) is 5.88 Å². The van der Waals surface area contributed by atoms with Crippen molar-refractivity contribution in [1.82, 2.24) is 15.3 Å². The van der Waals surface area contributed by atoms with E-state index >= 15 is 0 Å². The summed E-state index contributed by atoms with van der Waals surface area (Å²) < 4.78 is 11.0. The first-order chi connectivity index (χ1) is 14.4. The van der Waals surface area contributed by atoms with E-state index in [-0.39, 0.29) is 31.5 Å². The summed E-state index contributed by atoms with van der Waals surface area (Å²) in [6.45, 7) is -0.00724. The number of aliphatic hydroxyl groups excluding tert-OH is 3. The highest BCUT2D eigenvalue weighted by molar-refractivity contribution is 5.78. The number of nitrogens with two attached hydrogens (primary N) is 1. The second kappa shape index (κ2) is 10.1. The minimum atomic E-state index is -1.28. The average Bonchev–Trinajstić information content (AvgIpc) is 2.77. The van der Waals surface area contributed by atoms with Crippen molar-refractivity contribution < 1.29 is 29.6 Å². The largest absolute Gasteiger partial charge is 0.481 e. The third kappa shape index (κ3) is 5.02. The van der Waals surface area contributed by atoms with Crippen LogP contribution in [0.4, 0.5) is 0 Å². The predicted molar refractivity (Wildman–Crippen MR) is 108 cm³/mol. The van der Waals surface area contributed by atoms with Crippen LogP contribution in [0.2, 0.25) is 0 Å². The van der Waals surface area contributed by atoms with Gasteiger partial charge in [-0.2, -0.15) is 0 Å². The van der Waals surface area contributed by atoms with Crippen molar-refractivity contribution in [3.63, 3.8) is 0 Å². The summed E-state index contributed by atoms with van der Waals surface area (Å²) >= 11 is 0. The standard InChI is InChI=1S/C20H28N4O6/c1-29-17-5-3-13-18(24-17)11(6-7-22-13)19(27)20(28)14-4-2-12(21)15(30-14)10-16(26)23-8-9-25/h3,5-7,12,14-15,19-20,25,27-28H,2,4,8-10,21H2,1H3,(H,23,26)/t12-,14+,15-,19-,20+/m1/s1. The van der Waals surface area contributed by atoms with Gasteiger partial charge in [-0.15, -0.1) is 0 Å². The van der Waals surface area contributed by atoms with Gasteiger partial charge in [0.25, 0.3) is 0 Å². The monoisotopic (exact) mass is 420 g/mol. The Hall–Kier alpha value is -2.37. The SMILES string of the molecule is COc1ccc2nccc([C@@H](O)[C@@H](O)[C@@H]3CC[C@@H](N)[C@@H](CC(=O)NCCO)O3)c2n1. The third-order valence-corrected chi connectivity index (χ3v) is 5.25. The van der Waals surface area contributed by atoms with Crippen LogP contribution in [-0.4, -0.2) is 75.8 Å². The minimum Gasteiger partial charge on any atom is -0.481 e. The van der Waals surface area contributed by atoms with E-state index in [0.717, 1.165) is 0 Å². The number of rotatable bonds is 8. The van der Waals surface area contributed by atoms with Crippen molar-refractivity contribution in [2.75, 3.05) is 20.3 Å². The maximum Gasteiger partial charge on any atom is 0.222 e. The summed E-state index contributed by atoms with van der Waals surface area (Å²) in [4.78, 5) is 20.5. The number of aromatic nitrogens is 2. The number of carbonyl (C=O) groups excluding carboxylic acids is 1. The molecule has 0 aliphatic carbocycles. The van der Waals surface area contributed by atoms with Gasteiger partial charge >= 0.3 is 0 Å². The van der Waals surface area contributed by atoms with Gasteiger partial charge in [0.15, 0.2) is 0 Å². The maximum atomic E-state index is 12.0. The third-order valence-electron chi connectivity index (χ3n) is 5.25. The molecule has 5 atom stereocenters. The van der Waals surface area contributed by atoms with Gasteiger partial charge in [0.05, 0.1) is 43.4 Å². The molecule has 1 fully saturated rings. The number of amides is 1. The summed E-state index contributed by atoms with van der Waals surface area (Å²) in [6.07, 6.45) is -1.31. The molecule has 10 heteroatoms. The maximum absolute atomic E-state index is 12.0. The quantitative estimate of drug-likeness (QED) is 0.376. The number of hydrogen-bond donors (Lipinski definition) is 5. The molecule has 6 N–H and O–H groups in total. The first-order valence-electron chi connectivity index (χ1n) is 9.89. The molecule has 30 heavy (non-hydrogen) atoms. The number of nitrogens with one attached hydrogen (secondary N) is 1. The number of pyridine rings is 2. The Morgan fingerprint density at radius 3 is 2.90 bits per heavy atom. The number of carbonyl (C=O) groups is 1. The van der Waals surface area contributed by atoms with Crippen LogP contribution in [-0.2, 0) is 9.53 Å². The van der Waals surface area contributed by atoms with Crippen LogP contribution in [0.15, 0.2) is 24.4 Å². The van der Waals surface area contributed by atoms with Crippen molar-refractivity contribution in [2.45, 2.75) is 49.7 Å². The van der Waals surface area contributed by atoms with Crippen LogP contribution in [0.1, 0.15) is 30.9 Å².